The zero-order chi connectivity index (χ0) is 11.8. The molecular weight excluding hydrogens is 191 g/mol. The molecule has 0 radical (unpaired) electrons. The van der Waals surface area contributed by atoms with Crippen LogP contribution in [0.2, 0.25) is 0 Å². The quantitative estimate of drug-likeness (QED) is 0.616. The molecule has 0 saturated carbocycles. The minimum absolute atomic E-state index is 0.240. The maximum Gasteiger partial charge on any atom is 0.108 e. The van der Waals surface area contributed by atoms with Crippen molar-refractivity contribution in [1.82, 2.24) is 0 Å². The zero-order valence-corrected chi connectivity index (χ0v) is 10.0. The molecule has 0 bridgehead atoms. The highest BCUT2D eigenvalue weighted by Gasteiger charge is 2.04. The van der Waals surface area contributed by atoms with Gasteiger partial charge >= 0.3 is 0 Å². The minimum atomic E-state index is -0.427. The monoisotopic (exact) mass is 212 g/mol. The second kappa shape index (κ2) is 7.23. The summed E-state index contributed by atoms with van der Waals surface area (Å²) in [7, 11) is 0. The van der Waals surface area contributed by atoms with E-state index in [1.165, 1.54) is 5.01 Å². The summed E-state index contributed by atoms with van der Waals surface area (Å²) >= 11 is 0. The largest absolute Gasteiger partial charge is 0.308 e. The molecule has 0 atom stereocenters. The number of rotatable bonds is 3. The van der Waals surface area contributed by atoms with Gasteiger partial charge in [0.15, 0.2) is 0 Å². The summed E-state index contributed by atoms with van der Waals surface area (Å²) in [4.78, 5) is 0. The van der Waals surface area contributed by atoms with Gasteiger partial charge in [0.25, 0.3) is 0 Å². The van der Waals surface area contributed by atoms with Crippen LogP contribution in [-0.2, 0) is 0 Å². The molecule has 0 aliphatic rings. The van der Waals surface area contributed by atoms with Crippen LogP contribution in [0.4, 0.5) is 10.1 Å². The fourth-order valence-corrected chi connectivity index (χ4v) is 1.24. The standard InChI is InChI=1S/C10H15FN2.C2H6/c1-8-3-4-9(2)10(7-8)13(12)6-5-11;1-2/h3-4,7H,5-6,12H2,1-2H3;1-2H3. The Hall–Kier alpha value is -1.09. The van der Waals surface area contributed by atoms with Crippen molar-refractivity contribution in [3.63, 3.8) is 0 Å². The first-order valence-electron chi connectivity index (χ1n) is 5.30. The first-order chi connectivity index (χ1) is 7.15. The maximum atomic E-state index is 12.0. The molecule has 1 rings (SSSR count). The van der Waals surface area contributed by atoms with E-state index in [1.54, 1.807) is 0 Å². The SMILES string of the molecule is CC.Cc1ccc(C)c(N(N)CCF)c1. The molecule has 0 amide bonds. The lowest BCUT2D eigenvalue weighted by Gasteiger charge is -2.19. The van der Waals surface area contributed by atoms with Gasteiger partial charge in [0.2, 0.25) is 0 Å². The van der Waals surface area contributed by atoms with Gasteiger partial charge in [-0.3, -0.25) is 0 Å². The summed E-state index contributed by atoms with van der Waals surface area (Å²) < 4.78 is 12.0. The molecule has 1 aromatic carbocycles. The molecule has 2 N–H and O–H groups in total. The first kappa shape index (κ1) is 13.9. The number of halogens is 1. The number of benzene rings is 1. The summed E-state index contributed by atoms with van der Waals surface area (Å²) in [6.45, 7) is 7.77. The van der Waals surface area contributed by atoms with Crippen molar-refractivity contribution in [2.75, 3.05) is 18.2 Å². The van der Waals surface area contributed by atoms with E-state index in [0.29, 0.717) is 0 Å². The number of nitrogens with zero attached hydrogens (tertiary/aromatic N) is 1. The molecule has 0 unspecified atom stereocenters. The molecule has 2 nitrogen and oxygen atoms in total. The van der Waals surface area contributed by atoms with Crippen LogP contribution in [0, 0.1) is 13.8 Å². The molecule has 0 aromatic heterocycles. The molecule has 0 fully saturated rings. The Morgan fingerprint density at radius 3 is 2.40 bits per heavy atom. The fourth-order valence-electron chi connectivity index (χ4n) is 1.24. The third-order valence-corrected chi connectivity index (χ3v) is 2.00. The Morgan fingerprint density at radius 2 is 1.87 bits per heavy atom. The predicted octanol–water partition coefficient (Wildman–Crippen LogP) is 2.98. The number of aryl methyl sites for hydroxylation is 2. The number of anilines is 1. The van der Waals surface area contributed by atoms with Gasteiger partial charge in [0.1, 0.15) is 6.67 Å². The molecule has 1 aromatic rings. The van der Waals surface area contributed by atoms with Gasteiger partial charge in [-0.15, -0.1) is 0 Å². The minimum Gasteiger partial charge on any atom is -0.308 e. The average molecular weight is 212 g/mol. The van der Waals surface area contributed by atoms with Crippen LogP contribution in [0.15, 0.2) is 18.2 Å². The van der Waals surface area contributed by atoms with E-state index < -0.39 is 6.67 Å². The van der Waals surface area contributed by atoms with Gasteiger partial charge < -0.3 is 5.01 Å². The van der Waals surface area contributed by atoms with Crippen molar-refractivity contribution in [2.45, 2.75) is 27.7 Å². The highest BCUT2D eigenvalue weighted by Crippen LogP contribution is 2.18. The smallest absolute Gasteiger partial charge is 0.108 e. The molecule has 15 heavy (non-hydrogen) atoms. The van der Waals surface area contributed by atoms with Crippen molar-refractivity contribution >= 4 is 5.69 Å². The second-order valence-electron chi connectivity index (χ2n) is 3.17. The topological polar surface area (TPSA) is 29.3 Å². The molecule has 0 aliphatic heterocycles. The van der Waals surface area contributed by atoms with Crippen LogP contribution in [0.3, 0.4) is 0 Å². The Morgan fingerprint density at radius 1 is 1.27 bits per heavy atom. The third-order valence-electron chi connectivity index (χ3n) is 2.00. The van der Waals surface area contributed by atoms with E-state index >= 15 is 0 Å². The lowest BCUT2D eigenvalue weighted by atomic mass is 10.1. The summed E-state index contributed by atoms with van der Waals surface area (Å²) in [5.74, 6) is 5.67. The Kier molecular flexibility index (Phi) is 6.71. The summed E-state index contributed by atoms with van der Waals surface area (Å²) in [5, 5.41) is 1.45. The van der Waals surface area contributed by atoms with E-state index in [1.807, 2.05) is 45.9 Å². The van der Waals surface area contributed by atoms with Gasteiger partial charge in [-0.2, -0.15) is 0 Å². The highest BCUT2D eigenvalue weighted by atomic mass is 19.1. The van der Waals surface area contributed by atoms with Crippen LogP contribution in [0.5, 0.6) is 0 Å². The maximum absolute atomic E-state index is 12.0. The molecule has 0 saturated heterocycles. The first-order valence-corrected chi connectivity index (χ1v) is 5.30. The predicted molar refractivity (Wildman–Crippen MR) is 64.8 cm³/mol. The van der Waals surface area contributed by atoms with E-state index in [-0.39, 0.29) is 6.54 Å². The zero-order valence-electron chi connectivity index (χ0n) is 10.0. The average Bonchev–Trinajstić information content (AvgIpc) is 2.25. The molecular formula is C12H21FN2. The van der Waals surface area contributed by atoms with E-state index in [2.05, 4.69) is 0 Å². The van der Waals surface area contributed by atoms with E-state index in [9.17, 15) is 4.39 Å². The van der Waals surface area contributed by atoms with E-state index in [0.717, 1.165) is 16.8 Å². The molecule has 86 valence electrons. The molecule has 0 aliphatic carbocycles. The van der Waals surface area contributed by atoms with Gasteiger partial charge in [-0.25, -0.2) is 10.2 Å². The van der Waals surface area contributed by atoms with Crippen molar-refractivity contribution in [2.24, 2.45) is 5.84 Å². The lowest BCUT2D eigenvalue weighted by Crippen LogP contribution is -2.33. The van der Waals surface area contributed by atoms with Crippen LogP contribution in [0.25, 0.3) is 0 Å². The third kappa shape index (κ3) is 4.30. The van der Waals surface area contributed by atoms with Gasteiger partial charge in [-0.05, 0) is 31.0 Å². The Bertz CT molecular complexity index is 287. The molecule has 0 spiro atoms. The molecule has 0 heterocycles. The lowest BCUT2D eigenvalue weighted by molar-refractivity contribution is 0.492. The van der Waals surface area contributed by atoms with Crippen LogP contribution < -0.4 is 10.9 Å². The van der Waals surface area contributed by atoms with Crippen molar-refractivity contribution < 1.29 is 4.39 Å². The van der Waals surface area contributed by atoms with Gasteiger partial charge in [0.05, 0.1) is 12.2 Å². The number of hydrogen-bond donors (Lipinski definition) is 1. The number of hydrogen-bond acceptors (Lipinski definition) is 2. The Labute approximate surface area is 91.9 Å². The van der Waals surface area contributed by atoms with Crippen molar-refractivity contribution in [3.8, 4) is 0 Å². The van der Waals surface area contributed by atoms with Crippen LogP contribution in [-0.4, -0.2) is 13.2 Å². The molecule has 3 heteroatoms. The van der Waals surface area contributed by atoms with Gasteiger partial charge in [0, 0.05) is 0 Å². The number of alkyl halides is 1. The van der Waals surface area contributed by atoms with Crippen molar-refractivity contribution in [3.05, 3.63) is 29.3 Å². The Balaban J connectivity index is 0.000000921. The van der Waals surface area contributed by atoms with E-state index in [4.69, 9.17) is 5.84 Å². The van der Waals surface area contributed by atoms with Crippen molar-refractivity contribution in [1.29, 1.82) is 0 Å². The normalized spacial score (nSPS) is 9.20. The summed E-state index contributed by atoms with van der Waals surface area (Å²) in [5.41, 5.74) is 3.11. The van der Waals surface area contributed by atoms with Crippen LogP contribution in [0.1, 0.15) is 25.0 Å². The number of hydrazine groups is 1. The second-order valence-corrected chi connectivity index (χ2v) is 3.17. The van der Waals surface area contributed by atoms with Crippen LogP contribution >= 0.6 is 0 Å². The summed E-state index contributed by atoms with van der Waals surface area (Å²) in [6.07, 6.45) is 0. The summed E-state index contributed by atoms with van der Waals surface area (Å²) in [6, 6.07) is 5.97. The fraction of sp³-hybridized carbons (Fsp3) is 0.500. The number of nitrogens with two attached hydrogens (primary N) is 1. The highest BCUT2D eigenvalue weighted by molar-refractivity contribution is 5.53. The van der Waals surface area contributed by atoms with Gasteiger partial charge in [-0.1, -0.05) is 26.0 Å².